The van der Waals surface area contributed by atoms with Crippen molar-refractivity contribution in [2.24, 2.45) is 5.73 Å². The van der Waals surface area contributed by atoms with Crippen molar-refractivity contribution in [3.05, 3.63) is 34.1 Å². The molecular weight excluding hydrogens is 245 g/mol. The predicted molar refractivity (Wildman–Crippen MR) is 60.7 cm³/mol. The molecule has 0 saturated carbocycles. The minimum atomic E-state index is -0.268. The summed E-state index contributed by atoms with van der Waals surface area (Å²) in [6.45, 7) is 4.01. The second-order valence-corrected chi connectivity index (χ2v) is 4.77. The van der Waals surface area contributed by atoms with E-state index in [1.165, 1.54) is 12.1 Å². The molecule has 0 aliphatic rings. The van der Waals surface area contributed by atoms with Gasteiger partial charge in [0.2, 0.25) is 0 Å². The monoisotopic (exact) mass is 259 g/mol. The Morgan fingerprint density at radius 1 is 1.50 bits per heavy atom. The molecule has 0 saturated heterocycles. The molecule has 0 amide bonds. The van der Waals surface area contributed by atoms with Gasteiger partial charge in [0.15, 0.2) is 0 Å². The van der Waals surface area contributed by atoms with Crippen LogP contribution in [-0.2, 0) is 6.42 Å². The van der Waals surface area contributed by atoms with Crippen molar-refractivity contribution < 1.29 is 4.39 Å². The largest absolute Gasteiger partial charge is 0.325 e. The highest BCUT2D eigenvalue weighted by Crippen LogP contribution is 2.22. The van der Waals surface area contributed by atoms with Crippen molar-refractivity contribution >= 4 is 15.9 Å². The van der Waals surface area contributed by atoms with E-state index >= 15 is 0 Å². The SMILES string of the molecule is CCC(C)(N)Cc1cc(F)ccc1Br. The number of hydrogen-bond acceptors (Lipinski definition) is 1. The fraction of sp³-hybridized carbons (Fsp3) is 0.455. The van der Waals surface area contributed by atoms with Gasteiger partial charge in [-0.3, -0.25) is 0 Å². The van der Waals surface area contributed by atoms with Crippen LogP contribution in [0, 0.1) is 5.82 Å². The van der Waals surface area contributed by atoms with Crippen molar-refractivity contribution in [3.8, 4) is 0 Å². The molecule has 78 valence electrons. The number of hydrogen-bond donors (Lipinski definition) is 1. The van der Waals surface area contributed by atoms with E-state index in [9.17, 15) is 4.39 Å². The molecule has 0 bridgehead atoms. The van der Waals surface area contributed by atoms with Gasteiger partial charge in [-0.25, -0.2) is 4.39 Å². The van der Waals surface area contributed by atoms with Gasteiger partial charge in [0.05, 0.1) is 0 Å². The van der Waals surface area contributed by atoms with E-state index < -0.39 is 0 Å². The van der Waals surface area contributed by atoms with E-state index in [-0.39, 0.29) is 11.4 Å². The topological polar surface area (TPSA) is 26.0 Å². The quantitative estimate of drug-likeness (QED) is 0.886. The van der Waals surface area contributed by atoms with E-state index in [2.05, 4.69) is 15.9 Å². The van der Waals surface area contributed by atoms with Gasteiger partial charge >= 0.3 is 0 Å². The van der Waals surface area contributed by atoms with E-state index in [1.807, 2.05) is 13.8 Å². The van der Waals surface area contributed by atoms with E-state index in [0.717, 1.165) is 16.5 Å². The van der Waals surface area contributed by atoms with Crippen LogP contribution in [-0.4, -0.2) is 5.54 Å². The molecule has 2 N–H and O–H groups in total. The first-order valence-corrected chi connectivity index (χ1v) is 5.47. The normalized spacial score (nSPS) is 15.2. The van der Waals surface area contributed by atoms with Gasteiger partial charge in [0, 0.05) is 10.0 Å². The average molecular weight is 260 g/mol. The van der Waals surface area contributed by atoms with Gasteiger partial charge in [-0.05, 0) is 43.5 Å². The summed E-state index contributed by atoms with van der Waals surface area (Å²) >= 11 is 3.39. The highest BCUT2D eigenvalue weighted by Gasteiger charge is 2.17. The van der Waals surface area contributed by atoms with E-state index in [4.69, 9.17) is 5.73 Å². The predicted octanol–water partition coefficient (Wildman–Crippen LogP) is 3.26. The second-order valence-electron chi connectivity index (χ2n) is 3.92. The Morgan fingerprint density at radius 3 is 2.71 bits per heavy atom. The summed E-state index contributed by atoms with van der Waals surface area (Å²) in [6.07, 6.45) is 1.55. The van der Waals surface area contributed by atoms with Gasteiger partial charge in [-0.1, -0.05) is 22.9 Å². The standard InChI is InChI=1S/C11H15BrFN/c1-3-11(2,14)7-8-6-9(13)4-5-10(8)12/h4-6H,3,7,14H2,1-2H3. The third-order valence-electron chi connectivity index (χ3n) is 2.41. The van der Waals surface area contributed by atoms with Gasteiger partial charge in [-0.15, -0.1) is 0 Å². The first-order chi connectivity index (χ1) is 6.44. The van der Waals surface area contributed by atoms with E-state index in [0.29, 0.717) is 6.42 Å². The lowest BCUT2D eigenvalue weighted by Crippen LogP contribution is -2.37. The van der Waals surface area contributed by atoms with Crippen molar-refractivity contribution in [2.45, 2.75) is 32.2 Å². The molecule has 1 aromatic rings. The highest BCUT2D eigenvalue weighted by molar-refractivity contribution is 9.10. The third-order valence-corrected chi connectivity index (χ3v) is 3.18. The fourth-order valence-corrected chi connectivity index (χ4v) is 1.63. The maximum Gasteiger partial charge on any atom is 0.123 e. The molecule has 1 nitrogen and oxygen atoms in total. The highest BCUT2D eigenvalue weighted by atomic mass is 79.9. The summed E-state index contributed by atoms with van der Waals surface area (Å²) in [6, 6.07) is 4.69. The molecule has 1 atom stereocenters. The lowest BCUT2D eigenvalue weighted by atomic mass is 9.91. The van der Waals surface area contributed by atoms with Crippen LogP contribution in [0.25, 0.3) is 0 Å². The maximum atomic E-state index is 13.0. The fourth-order valence-electron chi connectivity index (χ4n) is 1.24. The lowest BCUT2D eigenvalue weighted by molar-refractivity contribution is 0.448. The van der Waals surface area contributed by atoms with E-state index in [1.54, 1.807) is 6.07 Å². The first kappa shape index (κ1) is 11.7. The molecular formula is C11H15BrFN. The van der Waals surface area contributed by atoms with Crippen LogP contribution < -0.4 is 5.73 Å². The second kappa shape index (κ2) is 4.41. The van der Waals surface area contributed by atoms with Crippen LogP contribution in [0.4, 0.5) is 4.39 Å². The Hall–Kier alpha value is -0.410. The molecule has 1 aromatic carbocycles. The molecule has 3 heteroatoms. The molecule has 0 fully saturated rings. The zero-order valence-electron chi connectivity index (χ0n) is 8.48. The van der Waals surface area contributed by atoms with Crippen molar-refractivity contribution in [2.75, 3.05) is 0 Å². The van der Waals surface area contributed by atoms with Crippen LogP contribution in [0.5, 0.6) is 0 Å². The van der Waals surface area contributed by atoms with Crippen molar-refractivity contribution in [1.29, 1.82) is 0 Å². The Balaban J connectivity index is 2.91. The molecule has 1 unspecified atom stereocenters. The third kappa shape index (κ3) is 3.07. The van der Waals surface area contributed by atoms with Crippen LogP contribution in [0.1, 0.15) is 25.8 Å². The minimum Gasteiger partial charge on any atom is -0.325 e. The number of benzene rings is 1. The lowest BCUT2D eigenvalue weighted by Gasteiger charge is -2.23. The average Bonchev–Trinajstić information content (AvgIpc) is 2.11. The molecule has 0 aliphatic carbocycles. The number of nitrogens with two attached hydrogens (primary N) is 1. The van der Waals surface area contributed by atoms with Crippen molar-refractivity contribution in [3.63, 3.8) is 0 Å². The Bertz CT molecular complexity index is 323. The van der Waals surface area contributed by atoms with Crippen molar-refractivity contribution in [1.82, 2.24) is 0 Å². The molecule has 0 aromatic heterocycles. The number of halogens is 2. The molecule has 0 radical (unpaired) electrons. The Kier molecular flexibility index (Phi) is 3.67. The molecule has 0 heterocycles. The number of rotatable bonds is 3. The molecule has 0 aliphatic heterocycles. The van der Waals surface area contributed by atoms with Crippen LogP contribution in [0.2, 0.25) is 0 Å². The summed E-state index contributed by atoms with van der Waals surface area (Å²) in [5, 5.41) is 0. The summed E-state index contributed by atoms with van der Waals surface area (Å²) in [5.41, 5.74) is 6.68. The summed E-state index contributed by atoms with van der Waals surface area (Å²) in [4.78, 5) is 0. The Morgan fingerprint density at radius 2 is 2.14 bits per heavy atom. The smallest absolute Gasteiger partial charge is 0.123 e. The summed E-state index contributed by atoms with van der Waals surface area (Å²) in [5.74, 6) is -0.213. The van der Waals surface area contributed by atoms with Crippen LogP contribution in [0.3, 0.4) is 0 Å². The van der Waals surface area contributed by atoms with Gasteiger partial charge in [-0.2, -0.15) is 0 Å². The molecule has 1 rings (SSSR count). The zero-order chi connectivity index (χ0) is 10.8. The first-order valence-electron chi connectivity index (χ1n) is 4.67. The van der Waals surface area contributed by atoms with Gasteiger partial charge in [0.1, 0.15) is 5.82 Å². The van der Waals surface area contributed by atoms with Gasteiger partial charge < -0.3 is 5.73 Å². The minimum absolute atomic E-state index is 0.213. The zero-order valence-corrected chi connectivity index (χ0v) is 10.1. The van der Waals surface area contributed by atoms with Crippen LogP contribution in [0.15, 0.2) is 22.7 Å². The molecule has 14 heavy (non-hydrogen) atoms. The van der Waals surface area contributed by atoms with Gasteiger partial charge in [0.25, 0.3) is 0 Å². The molecule has 0 spiro atoms. The summed E-state index contributed by atoms with van der Waals surface area (Å²) in [7, 11) is 0. The maximum absolute atomic E-state index is 13.0. The summed E-state index contributed by atoms with van der Waals surface area (Å²) < 4.78 is 13.9. The van der Waals surface area contributed by atoms with Crippen LogP contribution >= 0.6 is 15.9 Å². The Labute approximate surface area is 92.6 Å².